The van der Waals surface area contributed by atoms with E-state index in [1.54, 1.807) is 12.5 Å². The minimum Gasteiger partial charge on any atom is -0.472 e. The molecule has 0 saturated heterocycles. The molecule has 0 fully saturated rings. The molecule has 1 N–H and O–H groups in total. The second kappa shape index (κ2) is 6.89. The van der Waals surface area contributed by atoms with Crippen molar-refractivity contribution in [1.29, 1.82) is 0 Å². The molecule has 0 aliphatic rings. The lowest BCUT2D eigenvalue weighted by atomic mass is 10.3. The second-order valence-electron chi connectivity index (χ2n) is 4.56. The van der Waals surface area contributed by atoms with E-state index in [0.717, 1.165) is 43.1 Å². The molecule has 2 rings (SSSR count). The first-order chi connectivity index (χ1) is 9.29. The van der Waals surface area contributed by atoms with E-state index in [9.17, 15) is 0 Å². The first-order valence-corrected chi connectivity index (χ1v) is 6.53. The Balaban J connectivity index is 1.90. The van der Waals surface area contributed by atoms with Crippen molar-refractivity contribution >= 4 is 5.95 Å². The third kappa shape index (κ3) is 4.06. The Morgan fingerprint density at radius 2 is 2.05 bits per heavy atom. The maximum atomic E-state index is 5.05. The summed E-state index contributed by atoms with van der Waals surface area (Å²) in [5, 5.41) is 3.33. The molecule has 2 heterocycles. The fourth-order valence-electron chi connectivity index (χ4n) is 1.77. The Bertz CT molecular complexity index is 467. The van der Waals surface area contributed by atoms with E-state index in [4.69, 9.17) is 4.42 Å². The highest BCUT2D eigenvalue weighted by atomic mass is 16.3. The van der Waals surface area contributed by atoms with Gasteiger partial charge in [-0.05, 0) is 19.0 Å². The summed E-state index contributed by atoms with van der Waals surface area (Å²) in [4.78, 5) is 10.8. The van der Waals surface area contributed by atoms with Crippen molar-refractivity contribution in [3.63, 3.8) is 0 Å². The van der Waals surface area contributed by atoms with E-state index in [1.165, 1.54) is 0 Å². The fourth-order valence-corrected chi connectivity index (χ4v) is 1.77. The van der Waals surface area contributed by atoms with Crippen LogP contribution >= 0.6 is 0 Å². The summed E-state index contributed by atoms with van der Waals surface area (Å²) in [6, 6.07) is 1.94. The maximum absolute atomic E-state index is 5.05. The molecule has 5 heteroatoms. The summed E-state index contributed by atoms with van der Waals surface area (Å²) in [5.41, 5.74) is 2.22. The van der Waals surface area contributed by atoms with Gasteiger partial charge < -0.3 is 14.6 Å². The summed E-state index contributed by atoms with van der Waals surface area (Å²) < 4.78 is 5.05. The Labute approximate surface area is 113 Å². The molecule has 0 radical (unpaired) electrons. The van der Waals surface area contributed by atoms with Gasteiger partial charge in [0.05, 0.1) is 12.5 Å². The van der Waals surface area contributed by atoms with Gasteiger partial charge in [-0.1, -0.05) is 6.92 Å². The average molecular weight is 260 g/mol. The maximum Gasteiger partial charge on any atom is 0.225 e. The van der Waals surface area contributed by atoms with Gasteiger partial charge in [0.2, 0.25) is 5.95 Å². The predicted octanol–water partition coefficient (Wildman–Crippen LogP) is 2.21. The number of aromatic nitrogens is 2. The molecule has 0 saturated carbocycles. The van der Waals surface area contributed by atoms with Crippen LogP contribution in [-0.2, 0) is 13.1 Å². The topological polar surface area (TPSA) is 54.2 Å². The van der Waals surface area contributed by atoms with Crippen molar-refractivity contribution in [3.8, 4) is 0 Å². The predicted molar refractivity (Wildman–Crippen MR) is 74.8 cm³/mol. The van der Waals surface area contributed by atoms with Gasteiger partial charge in [0, 0.05) is 43.7 Å². The van der Waals surface area contributed by atoms with Crippen LogP contribution in [0.1, 0.15) is 24.5 Å². The zero-order valence-corrected chi connectivity index (χ0v) is 11.5. The quantitative estimate of drug-likeness (QED) is 0.773. The van der Waals surface area contributed by atoms with Crippen molar-refractivity contribution in [2.24, 2.45) is 0 Å². The highest BCUT2D eigenvalue weighted by molar-refractivity contribution is 5.30. The fraction of sp³-hybridized carbons (Fsp3) is 0.429. The van der Waals surface area contributed by atoms with Crippen LogP contribution < -0.4 is 10.2 Å². The van der Waals surface area contributed by atoms with Crippen LogP contribution in [0.25, 0.3) is 0 Å². The number of nitrogens with one attached hydrogen (secondary N) is 1. The highest BCUT2D eigenvalue weighted by Crippen LogP contribution is 2.10. The van der Waals surface area contributed by atoms with Crippen LogP contribution in [0.2, 0.25) is 0 Å². The molecular formula is C14H20N4O. The zero-order chi connectivity index (χ0) is 13.5. The molecule has 0 unspecified atom stereocenters. The molecule has 0 aliphatic heterocycles. The molecule has 0 bridgehead atoms. The van der Waals surface area contributed by atoms with E-state index >= 15 is 0 Å². The normalized spacial score (nSPS) is 10.6. The third-order valence-electron chi connectivity index (χ3n) is 2.79. The van der Waals surface area contributed by atoms with Gasteiger partial charge in [0.25, 0.3) is 0 Å². The number of rotatable bonds is 7. The summed E-state index contributed by atoms with van der Waals surface area (Å²) in [7, 11) is 1.97. The lowest BCUT2D eigenvalue weighted by Gasteiger charge is -2.15. The number of nitrogens with zero attached hydrogens (tertiary/aromatic N) is 3. The van der Waals surface area contributed by atoms with Gasteiger partial charge in [-0.2, -0.15) is 0 Å². The summed E-state index contributed by atoms with van der Waals surface area (Å²) >= 11 is 0. The summed E-state index contributed by atoms with van der Waals surface area (Å²) in [6.45, 7) is 4.73. The van der Waals surface area contributed by atoms with Crippen LogP contribution in [0.15, 0.2) is 35.4 Å². The molecule has 0 aromatic carbocycles. The molecule has 0 amide bonds. The van der Waals surface area contributed by atoms with Crippen molar-refractivity contribution in [3.05, 3.63) is 42.1 Å². The first kappa shape index (κ1) is 13.5. The van der Waals surface area contributed by atoms with Gasteiger partial charge in [-0.15, -0.1) is 0 Å². The second-order valence-corrected chi connectivity index (χ2v) is 4.56. The van der Waals surface area contributed by atoms with E-state index in [0.29, 0.717) is 0 Å². The Hall–Kier alpha value is -1.88. The molecule has 102 valence electrons. The molecular weight excluding hydrogens is 240 g/mol. The Morgan fingerprint density at radius 3 is 2.68 bits per heavy atom. The number of hydrogen-bond acceptors (Lipinski definition) is 5. The van der Waals surface area contributed by atoms with Crippen LogP contribution in [0, 0.1) is 0 Å². The number of anilines is 1. The van der Waals surface area contributed by atoms with E-state index in [2.05, 4.69) is 22.2 Å². The van der Waals surface area contributed by atoms with Gasteiger partial charge in [0.15, 0.2) is 0 Å². The Kier molecular flexibility index (Phi) is 4.92. The zero-order valence-electron chi connectivity index (χ0n) is 11.5. The molecule has 0 aliphatic carbocycles. The first-order valence-electron chi connectivity index (χ1n) is 6.53. The SMILES string of the molecule is CCCNCc1cnc(N(C)Cc2ccoc2)nc1. The van der Waals surface area contributed by atoms with E-state index in [1.807, 2.05) is 30.4 Å². The summed E-state index contributed by atoms with van der Waals surface area (Å²) in [6.07, 6.45) is 8.28. The molecule has 2 aromatic rings. The molecule has 5 nitrogen and oxygen atoms in total. The van der Waals surface area contributed by atoms with Crippen molar-refractivity contribution < 1.29 is 4.42 Å². The smallest absolute Gasteiger partial charge is 0.225 e. The van der Waals surface area contributed by atoms with Gasteiger partial charge >= 0.3 is 0 Å². The third-order valence-corrected chi connectivity index (χ3v) is 2.79. The molecule has 2 aromatic heterocycles. The Morgan fingerprint density at radius 1 is 1.26 bits per heavy atom. The average Bonchev–Trinajstić information content (AvgIpc) is 2.93. The minimum atomic E-state index is 0.723. The van der Waals surface area contributed by atoms with Gasteiger partial charge in [-0.25, -0.2) is 9.97 Å². The summed E-state index contributed by atoms with van der Waals surface area (Å²) in [5.74, 6) is 0.723. The monoisotopic (exact) mass is 260 g/mol. The standard InChI is InChI=1S/C14H20N4O/c1-3-5-15-7-13-8-16-14(17-9-13)18(2)10-12-4-6-19-11-12/h4,6,8-9,11,15H,3,5,7,10H2,1-2H3. The minimum absolute atomic E-state index is 0.723. The number of furan rings is 1. The molecule has 0 spiro atoms. The van der Waals surface area contributed by atoms with Crippen molar-refractivity contribution in [2.75, 3.05) is 18.5 Å². The van der Waals surface area contributed by atoms with Gasteiger partial charge in [-0.3, -0.25) is 0 Å². The molecule has 19 heavy (non-hydrogen) atoms. The van der Waals surface area contributed by atoms with Crippen LogP contribution in [0.4, 0.5) is 5.95 Å². The van der Waals surface area contributed by atoms with Crippen LogP contribution in [0.5, 0.6) is 0 Å². The van der Waals surface area contributed by atoms with Crippen LogP contribution in [-0.4, -0.2) is 23.6 Å². The highest BCUT2D eigenvalue weighted by Gasteiger charge is 2.06. The van der Waals surface area contributed by atoms with Crippen molar-refractivity contribution in [2.45, 2.75) is 26.4 Å². The van der Waals surface area contributed by atoms with Crippen molar-refractivity contribution in [1.82, 2.24) is 15.3 Å². The molecule has 0 atom stereocenters. The largest absolute Gasteiger partial charge is 0.472 e. The van der Waals surface area contributed by atoms with Crippen LogP contribution in [0.3, 0.4) is 0 Å². The number of hydrogen-bond donors (Lipinski definition) is 1. The van der Waals surface area contributed by atoms with E-state index < -0.39 is 0 Å². The lowest BCUT2D eigenvalue weighted by Crippen LogP contribution is -2.19. The lowest BCUT2D eigenvalue weighted by molar-refractivity contribution is 0.563. The van der Waals surface area contributed by atoms with Gasteiger partial charge in [0.1, 0.15) is 0 Å². The van der Waals surface area contributed by atoms with E-state index in [-0.39, 0.29) is 0 Å².